The maximum atomic E-state index is 13.1. The molecule has 30 heavy (non-hydrogen) atoms. The van der Waals surface area contributed by atoms with Gasteiger partial charge in [0.2, 0.25) is 20.0 Å². The van der Waals surface area contributed by atoms with Crippen molar-refractivity contribution in [1.82, 2.24) is 9.03 Å². The zero-order chi connectivity index (χ0) is 21.9. The molecule has 0 saturated heterocycles. The first-order chi connectivity index (χ1) is 14.1. The molecule has 0 unspecified atom stereocenters. The number of halogens is 1. The molecular weight excluding hydrogens is 427 g/mol. The largest absolute Gasteiger partial charge is 0.243 e. The van der Waals surface area contributed by atoms with Gasteiger partial charge in [-0.1, -0.05) is 25.1 Å². The monoisotopic (exact) mass is 452 g/mol. The average Bonchev–Trinajstić information content (AvgIpc) is 2.74. The number of nitrogens with one attached hydrogen (secondary N) is 1. The molecule has 0 saturated carbocycles. The molecule has 6 nitrogen and oxygen atoms in total. The van der Waals surface area contributed by atoms with E-state index in [1.165, 1.54) is 40.7 Å². The molecule has 1 atom stereocenters. The van der Waals surface area contributed by atoms with Gasteiger partial charge in [-0.25, -0.2) is 25.9 Å². The highest BCUT2D eigenvalue weighted by molar-refractivity contribution is 7.89. The smallest absolute Gasteiger partial charge is 0.208 e. The minimum atomic E-state index is -3.75. The van der Waals surface area contributed by atoms with Crippen LogP contribution in [0.2, 0.25) is 0 Å². The minimum absolute atomic E-state index is 0.0267. The second kappa shape index (κ2) is 8.97. The van der Waals surface area contributed by atoms with Crippen molar-refractivity contribution >= 4 is 25.6 Å². The van der Waals surface area contributed by atoms with Gasteiger partial charge in [-0.15, -0.1) is 0 Å². The predicted molar refractivity (Wildman–Crippen MR) is 114 cm³/mol. The van der Waals surface area contributed by atoms with E-state index in [1.54, 1.807) is 19.1 Å². The van der Waals surface area contributed by atoms with E-state index in [-0.39, 0.29) is 28.2 Å². The Hall–Kier alpha value is -2.07. The highest BCUT2D eigenvalue weighted by Crippen LogP contribution is 2.26. The molecule has 3 rings (SSSR count). The summed E-state index contributed by atoms with van der Waals surface area (Å²) < 4.78 is 67.6. The summed E-state index contributed by atoms with van der Waals surface area (Å²) in [6, 6.07) is 11.2. The second-order valence-corrected chi connectivity index (χ2v) is 10.9. The highest BCUT2D eigenvalue weighted by Gasteiger charge is 2.27. The van der Waals surface area contributed by atoms with E-state index >= 15 is 0 Å². The number of rotatable bonds is 7. The molecular formula is C21H25FN2O4S2. The molecule has 162 valence electrons. The van der Waals surface area contributed by atoms with Crippen LogP contribution in [0.15, 0.2) is 64.4 Å². The van der Waals surface area contributed by atoms with Crippen molar-refractivity contribution in [1.29, 1.82) is 0 Å². The lowest BCUT2D eigenvalue weighted by Crippen LogP contribution is -2.35. The van der Waals surface area contributed by atoms with Crippen molar-refractivity contribution < 1.29 is 21.2 Å². The van der Waals surface area contributed by atoms with Crippen LogP contribution in [0.3, 0.4) is 0 Å². The maximum absolute atomic E-state index is 13.1. The van der Waals surface area contributed by atoms with Crippen LogP contribution in [0, 0.1) is 5.82 Å². The fourth-order valence-corrected chi connectivity index (χ4v) is 5.86. The molecule has 0 spiro atoms. The van der Waals surface area contributed by atoms with Gasteiger partial charge in [0.25, 0.3) is 0 Å². The summed E-state index contributed by atoms with van der Waals surface area (Å²) in [6.07, 6.45) is 2.98. The third-order valence-corrected chi connectivity index (χ3v) is 8.61. The Labute approximate surface area is 177 Å². The van der Waals surface area contributed by atoms with Crippen molar-refractivity contribution in [3.8, 4) is 0 Å². The van der Waals surface area contributed by atoms with Gasteiger partial charge < -0.3 is 0 Å². The van der Waals surface area contributed by atoms with Crippen LogP contribution in [0.1, 0.15) is 32.3 Å². The molecule has 2 aromatic rings. The fourth-order valence-electron chi connectivity index (χ4n) is 3.15. The Morgan fingerprint density at radius 1 is 1.00 bits per heavy atom. The lowest BCUT2D eigenvalue weighted by Gasteiger charge is -2.26. The number of hydrogen-bond donors (Lipinski definition) is 1. The Morgan fingerprint density at radius 2 is 1.60 bits per heavy atom. The van der Waals surface area contributed by atoms with E-state index in [4.69, 9.17) is 0 Å². The average molecular weight is 453 g/mol. The Bertz CT molecular complexity index is 1130. The Kier molecular flexibility index (Phi) is 6.76. The van der Waals surface area contributed by atoms with Crippen LogP contribution in [0.25, 0.3) is 5.57 Å². The molecule has 0 amide bonds. The molecule has 1 heterocycles. The van der Waals surface area contributed by atoms with E-state index in [0.29, 0.717) is 19.4 Å². The quantitative estimate of drug-likeness (QED) is 0.698. The van der Waals surface area contributed by atoms with Gasteiger partial charge in [0.15, 0.2) is 0 Å². The molecule has 0 aliphatic carbocycles. The SMILES string of the molecule is CC[C@@H](C)NS(=O)(=O)c1ccc(S(=O)(=O)N2CC=C(c3ccc(F)cc3)CC2)cc1. The molecule has 1 aliphatic heterocycles. The van der Waals surface area contributed by atoms with Crippen LogP contribution in [0.5, 0.6) is 0 Å². The summed E-state index contributed by atoms with van der Waals surface area (Å²) in [5.41, 5.74) is 1.84. The molecule has 0 bridgehead atoms. The van der Waals surface area contributed by atoms with Gasteiger partial charge in [0.05, 0.1) is 9.79 Å². The van der Waals surface area contributed by atoms with E-state index in [0.717, 1.165) is 11.1 Å². The maximum Gasteiger partial charge on any atom is 0.243 e. The molecule has 1 N–H and O–H groups in total. The standard InChI is InChI=1S/C21H25FN2O4S2/c1-3-16(2)23-29(25,26)20-8-10-21(11-9-20)30(27,28)24-14-12-18(13-15-24)17-4-6-19(22)7-5-17/h4-12,16,23H,3,13-15H2,1-2H3/t16-/m1/s1. The molecule has 0 radical (unpaired) electrons. The summed E-state index contributed by atoms with van der Waals surface area (Å²) in [5, 5.41) is 0. The first-order valence-corrected chi connectivity index (χ1v) is 12.6. The van der Waals surface area contributed by atoms with Gasteiger partial charge in [0.1, 0.15) is 5.82 Å². The number of nitrogens with zero attached hydrogens (tertiary/aromatic N) is 1. The van der Waals surface area contributed by atoms with Gasteiger partial charge in [0, 0.05) is 19.1 Å². The third-order valence-electron chi connectivity index (χ3n) is 5.13. The molecule has 9 heteroatoms. The lowest BCUT2D eigenvalue weighted by molar-refractivity contribution is 0.441. The van der Waals surface area contributed by atoms with Crippen molar-refractivity contribution in [3.63, 3.8) is 0 Å². The van der Waals surface area contributed by atoms with Gasteiger partial charge >= 0.3 is 0 Å². The summed E-state index contributed by atoms with van der Waals surface area (Å²) in [7, 11) is -7.45. The summed E-state index contributed by atoms with van der Waals surface area (Å²) >= 11 is 0. The molecule has 0 aromatic heterocycles. The Morgan fingerprint density at radius 3 is 2.13 bits per heavy atom. The number of hydrogen-bond acceptors (Lipinski definition) is 4. The first-order valence-electron chi connectivity index (χ1n) is 9.71. The summed E-state index contributed by atoms with van der Waals surface area (Å²) in [6.45, 7) is 4.13. The summed E-state index contributed by atoms with van der Waals surface area (Å²) in [5.74, 6) is -0.316. The second-order valence-electron chi connectivity index (χ2n) is 7.25. The van der Waals surface area contributed by atoms with Crippen molar-refractivity contribution in [2.24, 2.45) is 0 Å². The van der Waals surface area contributed by atoms with Crippen molar-refractivity contribution in [2.75, 3.05) is 13.1 Å². The Balaban J connectivity index is 1.75. The minimum Gasteiger partial charge on any atom is -0.208 e. The fraction of sp³-hybridized carbons (Fsp3) is 0.333. The topological polar surface area (TPSA) is 83.5 Å². The zero-order valence-corrected chi connectivity index (χ0v) is 18.5. The molecule has 2 aromatic carbocycles. The van der Waals surface area contributed by atoms with Crippen molar-refractivity contribution in [2.45, 2.75) is 42.5 Å². The van der Waals surface area contributed by atoms with Gasteiger partial charge in [-0.2, -0.15) is 4.31 Å². The van der Waals surface area contributed by atoms with Crippen LogP contribution < -0.4 is 4.72 Å². The summed E-state index contributed by atoms with van der Waals surface area (Å²) in [4.78, 5) is 0.0718. The van der Waals surface area contributed by atoms with Crippen LogP contribution in [-0.4, -0.2) is 40.3 Å². The van der Waals surface area contributed by atoms with Gasteiger partial charge in [-0.3, -0.25) is 0 Å². The lowest BCUT2D eigenvalue weighted by atomic mass is 10.0. The van der Waals surface area contributed by atoms with E-state index in [2.05, 4.69) is 4.72 Å². The van der Waals surface area contributed by atoms with E-state index in [1.807, 2.05) is 13.0 Å². The third kappa shape index (κ3) is 4.97. The molecule has 1 aliphatic rings. The van der Waals surface area contributed by atoms with Crippen LogP contribution >= 0.6 is 0 Å². The first kappa shape index (κ1) is 22.6. The van der Waals surface area contributed by atoms with Crippen LogP contribution in [-0.2, 0) is 20.0 Å². The van der Waals surface area contributed by atoms with Crippen LogP contribution in [0.4, 0.5) is 4.39 Å². The van der Waals surface area contributed by atoms with E-state index < -0.39 is 20.0 Å². The highest BCUT2D eigenvalue weighted by atomic mass is 32.2. The molecule has 0 fully saturated rings. The van der Waals surface area contributed by atoms with Crippen molar-refractivity contribution in [3.05, 3.63) is 66.0 Å². The van der Waals surface area contributed by atoms with Gasteiger partial charge in [-0.05, 0) is 67.3 Å². The number of sulfonamides is 2. The normalized spacial score (nSPS) is 16.8. The number of benzene rings is 2. The zero-order valence-electron chi connectivity index (χ0n) is 16.9. The van der Waals surface area contributed by atoms with E-state index in [9.17, 15) is 21.2 Å². The predicted octanol–water partition coefficient (Wildman–Crippen LogP) is 3.38.